The fourth-order valence-electron chi connectivity index (χ4n) is 1.77. The van der Waals surface area contributed by atoms with E-state index in [-0.39, 0.29) is 5.41 Å². The van der Waals surface area contributed by atoms with E-state index in [2.05, 4.69) is 56.0 Å². The third-order valence-electron chi connectivity index (χ3n) is 3.48. The first kappa shape index (κ1) is 15.3. The van der Waals surface area contributed by atoms with Crippen molar-refractivity contribution in [2.75, 3.05) is 19.0 Å². The van der Waals surface area contributed by atoms with Gasteiger partial charge in [0.15, 0.2) is 0 Å². The van der Waals surface area contributed by atoms with Crippen LogP contribution in [0.2, 0.25) is 5.02 Å². The van der Waals surface area contributed by atoms with Gasteiger partial charge in [0.1, 0.15) is 5.82 Å². The van der Waals surface area contributed by atoms with E-state index in [0.29, 0.717) is 11.1 Å². The Balaban J connectivity index is 2.99. The van der Waals surface area contributed by atoms with Crippen molar-refractivity contribution in [1.82, 2.24) is 10.3 Å². The molecule has 0 aliphatic carbocycles. The molecule has 0 bridgehead atoms. The van der Waals surface area contributed by atoms with E-state index in [9.17, 15) is 0 Å². The monoisotopic (exact) mass is 269 g/mol. The molecule has 3 nitrogen and oxygen atoms in total. The minimum Gasteiger partial charge on any atom is -0.356 e. The normalized spacial score (nSPS) is 13.5. The topological polar surface area (TPSA) is 28.2 Å². The summed E-state index contributed by atoms with van der Waals surface area (Å²) < 4.78 is 0. The second kappa shape index (κ2) is 5.89. The summed E-state index contributed by atoms with van der Waals surface area (Å²) >= 11 is 6.13. The summed E-state index contributed by atoms with van der Waals surface area (Å²) in [6, 6.07) is 2.45. The van der Waals surface area contributed by atoms with Crippen LogP contribution in [-0.2, 0) is 6.54 Å². The van der Waals surface area contributed by atoms with Gasteiger partial charge >= 0.3 is 0 Å². The third-order valence-corrected chi connectivity index (χ3v) is 3.82. The zero-order valence-corrected chi connectivity index (χ0v) is 13.0. The van der Waals surface area contributed by atoms with E-state index in [1.807, 2.05) is 7.05 Å². The van der Waals surface area contributed by atoms with Crippen LogP contribution >= 0.6 is 11.6 Å². The lowest BCUT2D eigenvalue weighted by Gasteiger charge is -2.36. The maximum absolute atomic E-state index is 6.13. The fraction of sp³-hybridized carbons (Fsp3) is 0.643. The average molecular weight is 270 g/mol. The van der Waals surface area contributed by atoms with Crippen molar-refractivity contribution in [3.8, 4) is 0 Å². The number of hydrogen-bond acceptors (Lipinski definition) is 3. The highest BCUT2D eigenvalue weighted by Gasteiger charge is 2.25. The number of hydrogen-bond donors (Lipinski definition) is 1. The first-order valence-electron chi connectivity index (χ1n) is 6.29. The van der Waals surface area contributed by atoms with Crippen molar-refractivity contribution in [2.45, 2.75) is 40.3 Å². The SMILES string of the molecule is CNCc1cc(N(C)C(C)C(C)(C)C)ncc1Cl. The Morgan fingerprint density at radius 3 is 2.56 bits per heavy atom. The maximum Gasteiger partial charge on any atom is 0.128 e. The fourth-order valence-corrected chi connectivity index (χ4v) is 1.94. The maximum atomic E-state index is 6.13. The van der Waals surface area contributed by atoms with Crippen LogP contribution in [0.25, 0.3) is 0 Å². The number of pyridine rings is 1. The van der Waals surface area contributed by atoms with Crippen LogP contribution in [0.4, 0.5) is 5.82 Å². The molecule has 1 atom stereocenters. The molecule has 0 aliphatic heterocycles. The Labute approximate surface area is 116 Å². The summed E-state index contributed by atoms with van der Waals surface area (Å²) in [5.41, 5.74) is 1.29. The molecule has 0 saturated carbocycles. The molecule has 102 valence electrons. The molecule has 4 heteroatoms. The number of rotatable bonds is 4. The predicted molar refractivity (Wildman–Crippen MR) is 79.3 cm³/mol. The lowest BCUT2D eigenvalue weighted by molar-refractivity contribution is 0.328. The molecular weight excluding hydrogens is 246 g/mol. The van der Waals surface area contributed by atoms with Crippen molar-refractivity contribution in [2.24, 2.45) is 5.41 Å². The molecular formula is C14H24ClN3. The minimum atomic E-state index is 0.208. The predicted octanol–water partition coefficient (Wildman–Crippen LogP) is 3.33. The highest BCUT2D eigenvalue weighted by Crippen LogP contribution is 2.28. The van der Waals surface area contributed by atoms with Crippen LogP contribution in [-0.4, -0.2) is 25.1 Å². The van der Waals surface area contributed by atoms with Gasteiger partial charge in [0, 0.05) is 25.8 Å². The Kier molecular flexibility index (Phi) is 5.00. The molecule has 0 aliphatic rings. The quantitative estimate of drug-likeness (QED) is 0.909. The summed E-state index contributed by atoms with van der Waals surface area (Å²) in [5.74, 6) is 0.965. The van der Waals surface area contributed by atoms with E-state index in [1.165, 1.54) is 0 Å². The Hall–Kier alpha value is -0.800. The smallest absolute Gasteiger partial charge is 0.128 e. The van der Waals surface area contributed by atoms with Gasteiger partial charge in [-0.15, -0.1) is 0 Å². The number of anilines is 1. The summed E-state index contributed by atoms with van der Waals surface area (Å²) in [6.45, 7) is 9.68. The van der Waals surface area contributed by atoms with Crippen molar-refractivity contribution < 1.29 is 0 Å². The molecule has 0 aromatic carbocycles. The molecule has 1 unspecified atom stereocenters. The Bertz CT molecular complexity index is 399. The number of aromatic nitrogens is 1. The molecule has 0 spiro atoms. The molecule has 18 heavy (non-hydrogen) atoms. The van der Waals surface area contributed by atoms with Crippen molar-refractivity contribution >= 4 is 17.4 Å². The molecule has 1 heterocycles. The van der Waals surface area contributed by atoms with Gasteiger partial charge in [-0.25, -0.2) is 4.98 Å². The number of nitrogens with one attached hydrogen (secondary N) is 1. The van der Waals surface area contributed by atoms with E-state index in [0.717, 1.165) is 17.9 Å². The molecule has 0 fully saturated rings. The van der Waals surface area contributed by atoms with Crippen molar-refractivity contribution in [1.29, 1.82) is 0 Å². The minimum absolute atomic E-state index is 0.208. The summed E-state index contributed by atoms with van der Waals surface area (Å²) in [5, 5.41) is 3.83. The van der Waals surface area contributed by atoms with Gasteiger partial charge in [-0.3, -0.25) is 0 Å². The highest BCUT2D eigenvalue weighted by atomic mass is 35.5. The molecule has 1 rings (SSSR count). The average Bonchev–Trinajstić information content (AvgIpc) is 2.29. The standard InChI is InChI=1S/C14H24ClN3/c1-10(14(2,3)4)18(6)13-7-11(8-16-5)12(15)9-17-13/h7,9-10,16H,8H2,1-6H3. The van der Waals surface area contributed by atoms with Gasteiger partial charge in [0.05, 0.1) is 5.02 Å². The van der Waals surface area contributed by atoms with Crippen molar-refractivity contribution in [3.63, 3.8) is 0 Å². The van der Waals surface area contributed by atoms with E-state index in [4.69, 9.17) is 11.6 Å². The van der Waals surface area contributed by atoms with E-state index < -0.39 is 0 Å². The number of nitrogens with zero attached hydrogens (tertiary/aromatic N) is 2. The summed E-state index contributed by atoms with van der Waals surface area (Å²) in [7, 11) is 3.99. The lowest BCUT2D eigenvalue weighted by atomic mass is 9.87. The Morgan fingerprint density at radius 1 is 1.44 bits per heavy atom. The molecule has 0 radical (unpaired) electrons. The van der Waals surface area contributed by atoms with Crippen molar-refractivity contribution in [3.05, 3.63) is 22.8 Å². The second-order valence-corrected chi connectivity index (χ2v) is 6.22. The summed E-state index contributed by atoms with van der Waals surface area (Å²) in [4.78, 5) is 6.63. The van der Waals surface area contributed by atoms with Crippen LogP contribution in [0.5, 0.6) is 0 Å². The molecule has 1 aromatic heterocycles. The van der Waals surface area contributed by atoms with Gasteiger partial charge in [-0.05, 0) is 31.0 Å². The van der Waals surface area contributed by atoms with Crippen LogP contribution in [0.15, 0.2) is 12.3 Å². The van der Waals surface area contributed by atoms with E-state index in [1.54, 1.807) is 6.20 Å². The van der Waals surface area contributed by atoms with Gasteiger partial charge in [-0.1, -0.05) is 32.4 Å². The molecule has 1 aromatic rings. The van der Waals surface area contributed by atoms with Gasteiger partial charge in [0.25, 0.3) is 0 Å². The third kappa shape index (κ3) is 3.59. The Morgan fingerprint density at radius 2 is 2.06 bits per heavy atom. The van der Waals surface area contributed by atoms with Crippen LogP contribution < -0.4 is 10.2 Å². The van der Waals surface area contributed by atoms with E-state index >= 15 is 0 Å². The van der Waals surface area contributed by atoms with Gasteiger partial charge < -0.3 is 10.2 Å². The van der Waals surface area contributed by atoms with Crippen LogP contribution in [0.3, 0.4) is 0 Å². The molecule has 0 saturated heterocycles. The van der Waals surface area contributed by atoms with Gasteiger partial charge in [-0.2, -0.15) is 0 Å². The number of halogens is 1. The van der Waals surface area contributed by atoms with Gasteiger partial charge in [0.2, 0.25) is 0 Å². The second-order valence-electron chi connectivity index (χ2n) is 5.82. The molecule has 1 N–H and O–H groups in total. The summed E-state index contributed by atoms with van der Waals surface area (Å²) in [6.07, 6.45) is 1.73. The zero-order chi connectivity index (χ0) is 13.9. The molecule has 0 amide bonds. The zero-order valence-electron chi connectivity index (χ0n) is 12.2. The first-order chi connectivity index (χ1) is 8.27. The largest absolute Gasteiger partial charge is 0.356 e. The van der Waals surface area contributed by atoms with Crippen LogP contribution in [0.1, 0.15) is 33.3 Å². The van der Waals surface area contributed by atoms with Crippen LogP contribution in [0, 0.1) is 5.41 Å². The highest BCUT2D eigenvalue weighted by molar-refractivity contribution is 6.31. The lowest BCUT2D eigenvalue weighted by Crippen LogP contribution is -2.39. The first-order valence-corrected chi connectivity index (χ1v) is 6.67.